The maximum absolute atomic E-state index is 11.0. The van der Waals surface area contributed by atoms with Crippen molar-refractivity contribution in [1.29, 1.82) is 0 Å². The van der Waals surface area contributed by atoms with Gasteiger partial charge in [0.15, 0.2) is 0 Å². The summed E-state index contributed by atoms with van der Waals surface area (Å²) in [6, 6.07) is -0.110. The molecule has 1 rings (SSSR count). The SMILES string of the molecule is CCNC(=O)NCCc1nc(C)cs1. The monoisotopic (exact) mass is 213 g/mol. The smallest absolute Gasteiger partial charge is 0.314 e. The van der Waals surface area contributed by atoms with E-state index in [1.165, 1.54) is 0 Å². The lowest BCUT2D eigenvalue weighted by molar-refractivity contribution is 0.241. The van der Waals surface area contributed by atoms with Gasteiger partial charge >= 0.3 is 6.03 Å². The lowest BCUT2D eigenvalue weighted by Gasteiger charge is -2.03. The van der Waals surface area contributed by atoms with E-state index in [0.29, 0.717) is 13.1 Å². The minimum Gasteiger partial charge on any atom is -0.338 e. The quantitative estimate of drug-likeness (QED) is 0.792. The number of carbonyl (C=O) groups is 1. The molecule has 2 N–H and O–H groups in total. The van der Waals surface area contributed by atoms with E-state index in [2.05, 4.69) is 15.6 Å². The predicted octanol–water partition coefficient (Wildman–Crippen LogP) is 1.31. The summed E-state index contributed by atoms with van der Waals surface area (Å²) in [7, 11) is 0. The fourth-order valence-electron chi connectivity index (χ4n) is 1.02. The summed E-state index contributed by atoms with van der Waals surface area (Å²) >= 11 is 1.63. The lowest BCUT2D eigenvalue weighted by atomic mass is 10.4. The van der Waals surface area contributed by atoms with Crippen LogP contribution in [0.2, 0.25) is 0 Å². The first-order chi connectivity index (χ1) is 6.72. The number of nitrogens with one attached hydrogen (secondary N) is 2. The van der Waals surface area contributed by atoms with Crippen LogP contribution >= 0.6 is 11.3 Å². The van der Waals surface area contributed by atoms with Crippen molar-refractivity contribution in [2.75, 3.05) is 13.1 Å². The second-order valence-corrected chi connectivity index (χ2v) is 3.86. The fourth-order valence-corrected chi connectivity index (χ4v) is 1.80. The third kappa shape index (κ3) is 3.74. The molecule has 1 aromatic rings. The zero-order chi connectivity index (χ0) is 10.4. The molecule has 5 heteroatoms. The van der Waals surface area contributed by atoms with Gasteiger partial charge in [-0.05, 0) is 13.8 Å². The van der Waals surface area contributed by atoms with Crippen molar-refractivity contribution in [3.05, 3.63) is 16.1 Å². The van der Waals surface area contributed by atoms with E-state index in [4.69, 9.17) is 0 Å². The van der Waals surface area contributed by atoms with Gasteiger partial charge in [0.25, 0.3) is 0 Å². The van der Waals surface area contributed by atoms with E-state index in [0.717, 1.165) is 17.1 Å². The highest BCUT2D eigenvalue weighted by atomic mass is 32.1. The molecule has 0 aliphatic heterocycles. The van der Waals surface area contributed by atoms with Gasteiger partial charge in [-0.1, -0.05) is 0 Å². The molecule has 78 valence electrons. The van der Waals surface area contributed by atoms with Crippen molar-refractivity contribution in [3.8, 4) is 0 Å². The van der Waals surface area contributed by atoms with Crippen molar-refractivity contribution in [3.63, 3.8) is 0 Å². The number of urea groups is 1. The van der Waals surface area contributed by atoms with Crippen LogP contribution < -0.4 is 10.6 Å². The van der Waals surface area contributed by atoms with Crippen molar-refractivity contribution < 1.29 is 4.79 Å². The van der Waals surface area contributed by atoms with Crippen LogP contribution in [-0.2, 0) is 6.42 Å². The molecule has 0 saturated carbocycles. The Morgan fingerprint density at radius 1 is 1.57 bits per heavy atom. The van der Waals surface area contributed by atoms with Crippen LogP contribution in [0.1, 0.15) is 17.6 Å². The predicted molar refractivity (Wildman–Crippen MR) is 57.6 cm³/mol. The maximum atomic E-state index is 11.0. The zero-order valence-electron chi connectivity index (χ0n) is 8.46. The molecule has 0 radical (unpaired) electrons. The highest BCUT2D eigenvalue weighted by molar-refractivity contribution is 7.09. The normalized spacial score (nSPS) is 9.86. The fraction of sp³-hybridized carbons (Fsp3) is 0.556. The van der Waals surface area contributed by atoms with Gasteiger partial charge in [-0.3, -0.25) is 0 Å². The minimum absolute atomic E-state index is 0.110. The van der Waals surface area contributed by atoms with E-state index in [1.54, 1.807) is 11.3 Å². The Morgan fingerprint density at radius 2 is 2.36 bits per heavy atom. The molecule has 0 bridgehead atoms. The van der Waals surface area contributed by atoms with Gasteiger partial charge in [0.2, 0.25) is 0 Å². The van der Waals surface area contributed by atoms with Gasteiger partial charge < -0.3 is 10.6 Å². The molecule has 0 aliphatic rings. The molecule has 14 heavy (non-hydrogen) atoms. The van der Waals surface area contributed by atoms with Gasteiger partial charge in [0.1, 0.15) is 0 Å². The van der Waals surface area contributed by atoms with Crippen LogP contribution in [0.15, 0.2) is 5.38 Å². The number of hydrogen-bond acceptors (Lipinski definition) is 3. The first-order valence-corrected chi connectivity index (χ1v) is 5.53. The van der Waals surface area contributed by atoms with Crippen molar-refractivity contribution in [2.45, 2.75) is 20.3 Å². The lowest BCUT2D eigenvalue weighted by Crippen LogP contribution is -2.36. The summed E-state index contributed by atoms with van der Waals surface area (Å²) in [4.78, 5) is 15.3. The Labute approximate surface area is 87.7 Å². The van der Waals surface area contributed by atoms with Crippen LogP contribution in [-0.4, -0.2) is 24.1 Å². The van der Waals surface area contributed by atoms with Gasteiger partial charge in [-0.15, -0.1) is 11.3 Å². The zero-order valence-corrected chi connectivity index (χ0v) is 9.28. The number of hydrogen-bond donors (Lipinski definition) is 2. The Hall–Kier alpha value is -1.10. The molecule has 2 amide bonds. The molecule has 1 aromatic heterocycles. The molecule has 1 heterocycles. The van der Waals surface area contributed by atoms with E-state index in [-0.39, 0.29) is 6.03 Å². The van der Waals surface area contributed by atoms with Gasteiger partial charge in [0, 0.05) is 30.6 Å². The average molecular weight is 213 g/mol. The van der Waals surface area contributed by atoms with Crippen molar-refractivity contribution in [1.82, 2.24) is 15.6 Å². The number of aryl methyl sites for hydroxylation is 1. The number of carbonyl (C=O) groups excluding carboxylic acids is 1. The van der Waals surface area contributed by atoms with Crippen molar-refractivity contribution in [2.24, 2.45) is 0 Å². The Bertz CT molecular complexity index is 298. The van der Waals surface area contributed by atoms with Crippen molar-refractivity contribution >= 4 is 17.4 Å². The number of thiazole rings is 1. The topological polar surface area (TPSA) is 54.0 Å². The Balaban J connectivity index is 2.18. The number of aromatic nitrogens is 1. The molecule has 0 aromatic carbocycles. The number of nitrogens with zero attached hydrogens (tertiary/aromatic N) is 1. The molecule has 0 aliphatic carbocycles. The first-order valence-electron chi connectivity index (χ1n) is 4.65. The molecular formula is C9H15N3OS. The third-order valence-electron chi connectivity index (χ3n) is 1.63. The van der Waals surface area contributed by atoms with Crippen LogP contribution in [0.3, 0.4) is 0 Å². The van der Waals surface area contributed by atoms with Gasteiger partial charge in [-0.25, -0.2) is 9.78 Å². The summed E-state index contributed by atoms with van der Waals surface area (Å²) in [5.41, 5.74) is 1.04. The summed E-state index contributed by atoms with van der Waals surface area (Å²) < 4.78 is 0. The van der Waals surface area contributed by atoms with E-state index >= 15 is 0 Å². The van der Waals surface area contributed by atoms with Crippen LogP contribution in [0.5, 0.6) is 0 Å². The van der Waals surface area contributed by atoms with E-state index in [9.17, 15) is 4.79 Å². The van der Waals surface area contributed by atoms with E-state index < -0.39 is 0 Å². The molecule has 0 saturated heterocycles. The molecule has 0 fully saturated rings. The van der Waals surface area contributed by atoms with Gasteiger partial charge in [-0.2, -0.15) is 0 Å². The van der Waals surface area contributed by atoms with E-state index in [1.807, 2.05) is 19.2 Å². The van der Waals surface area contributed by atoms with Crippen LogP contribution in [0.25, 0.3) is 0 Å². The molecular weight excluding hydrogens is 198 g/mol. The molecule has 0 spiro atoms. The second-order valence-electron chi connectivity index (χ2n) is 2.92. The Morgan fingerprint density at radius 3 is 2.93 bits per heavy atom. The summed E-state index contributed by atoms with van der Waals surface area (Å²) in [5.74, 6) is 0. The first kappa shape index (κ1) is 11.0. The summed E-state index contributed by atoms with van der Waals surface area (Å²) in [5, 5.41) is 8.51. The van der Waals surface area contributed by atoms with Crippen LogP contribution in [0.4, 0.5) is 4.79 Å². The highest BCUT2D eigenvalue weighted by Gasteiger charge is 2.00. The number of amides is 2. The average Bonchev–Trinajstić information content (AvgIpc) is 2.52. The third-order valence-corrected chi connectivity index (χ3v) is 2.65. The molecule has 0 atom stereocenters. The van der Waals surface area contributed by atoms with Crippen LogP contribution in [0, 0.1) is 6.92 Å². The largest absolute Gasteiger partial charge is 0.338 e. The highest BCUT2D eigenvalue weighted by Crippen LogP contribution is 2.08. The minimum atomic E-state index is -0.110. The molecule has 0 unspecified atom stereocenters. The second kappa shape index (κ2) is 5.59. The molecule has 4 nitrogen and oxygen atoms in total. The maximum Gasteiger partial charge on any atom is 0.314 e. The Kier molecular flexibility index (Phi) is 4.39. The standard InChI is InChI=1S/C9H15N3OS/c1-3-10-9(13)11-5-4-8-12-7(2)6-14-8/h6H,3-5H2,1-2H3,(H2,10,11,13). The summed E-state index contributed by atoms with van der Waals surface area (Å²) in [6.45, 7) is 5.15. The number of rotatable bonds is 4. The summed E-state index contributed by atoms with van der Waals surface area (Å²) in [6.07, 6.45) is 0.801. The van der Waals surface area contributed by atoms with Gasteiger partial charge in [0.05, 0.1) is 5.01 Å².